The standard InChI is InChI=1S/C22H38O2Si/c1-9-16-10-11-17-21(16,4)14-13-19-22(17,5)15-12-18(20(2,3)23-19)24-25(6,7)8/h17-19H,1,10-15H2,2-8H3/t17-,18+,19+,21-,22+/m0/s1. The minimum atomic E-state index is -1.59. The Hall–Kier alpha value is -0.343. The summed E-state index contributed by atoms with van der Waals surface area (Å²) in [6.07, 6.45) is 7.69. The molecule has 3 aliphatic rings. The summed E-state index contributed by atoms with van der Waals surface area (Å²) < 4.78 is 13.4. The predicted molar refractivity (Wildman–Crippen MR) is 107 cm³/mol. The Morgan fingerprint density at radius 2 is 1.76 bits per heavy atom. The lowest BCUT2D eigenvalue weighted by Crippen LogP contribution is -2.52. The number of fused-ring (bicyclic) bond motifs is 3. The van der Waals surface area contributed by atoms with E-state index in [1.807, 2.05) is 0 Å². The SMILES string of the molecule is C=C=C1CC[C@@H]2[C@@]3(C)CC[C@@H](O[Si](C)(C)C)C(C)(C)O[C@@H]3CC[C@@]12C. The smallest absolute Gasteiger partial charge is 0.184 e. The van der Waals surface area contributed by atoms with Gasteiger partial charge in [0.25, 0.3) is 0 Å². The van der Waals surface area contributed by atoms with Crippen LogP contribution in [0.4, 0.5) is 0 Å². The summed E-state index contributed by atoms with van der Waals surface area (Å²) in [6.45, 7) is 20.3. The second-order valence-corrected chi connectivity index (χ2v) is 15.1. The molecule has 1 heterocycles. The highest BCUT2D eigenvalue weighted by atomic mass is 28.4. The van der Waals surface area contributed by atoms with Crippen LogP contribution in [0.3, 0.4) is 0 Å². The number of allylic oxidation sites excluding steroid dienone is 1. The van der Waals surface area contributed by atoms with Crippen molar-refractivity contribution in [1.82, 2.24) is 0 Å². The maximum atomic E-state index is 6.84. The minimum Gasteiger partial charge on any atom is -0.412 e. The van der Waals surface area contributed by atoms with Crippen molar-refractivity contribution in [2.24, 2.45) is 16.7 Å². The van der Waals surface area contributed by atoms with Crippen LogP contribution in [0, 0.1) is 16.7 Å². The van der Waals surface area contributed by atoms with Crippen LogP contribution in [-0.4, -0.2) is 26.1 Å². The molecule has 0 amide bonds. The molecule has 0 N–H and O–H groups in total. The van der Waals surface area contributed by atoms with Crippen LogP contribution in [0.5, 0.6) is 0 Å². The van der Waals surface area contributed by atoms with Crippen molar-refractivity contribution in [3.05, 3.63) is 17.9 Å². The number of hydrogen-bond donors (Lipinski definition) is 0. The van der Waals surface area contributed by atoms with E-state index in [2.05, 4.69) is 59.6 Å². The van der Waals surface area contributed by atoms with Crippen molar-refractivity contribution >= 4 is 8.32 Å². The molecular formula is C22H38O2Si. The van der Waals surface area contributed by atoms with Crippen LogP contribution in [0.15, 0.2) is 17.9 Å². The fourth-order valence-corrected chi connectivity index (χ4v) is 7.40. The predicted octanol–water partition coefficient (Wildman–Crippen LogP) is 6.09. The molecule has 0 bridgehead atoms. The van der Waals surface area contributed by atoms with E-state index in [9.17, 15) is 0 Å². The number of hydrogen-bond acceptors (Lipinski definition) is 2. The van der Waals surface area contributed by atoms with E-state index in [0.29, 0.717) is 12.0 Å². The van der Waals surface area contributed by atoms with E-state index < -0.39 is 8.32 Å². The van der Waals surface area contributed by atoms with Crippen LogP contribution in [0.2, 0.25) is 19.6 Å². The van der Waals surface area contributed by atoms with E-state index >= 15 is 0 Å². The summed E-state index contributed by atoms with van der Waals surface area (Å²) in [7, 11) is -1.59. The Morgan fingerprint density at radius 1 is 1.08 bits per heavy atom. The minimum absolute atomic E-state index is 0.202. The van der Waals surface area contributed by atoms with Gasteiger partial charge in [-0.15, -0.1) is 5.73 Å². The molecule has 0 aromatic rings. The Morgan fingerprint density at radius 3 is 2.36 bits per heavy atom. The Balaban J connectivity index is 1.92. The average molecular weight is 363 g/mol. The van der Waals surface area contributed by atoms with E-state index in [0.717, 1.165) is 12.8 Å². The molecule has 2 aliphatic carbocycles. The maximum Gasteiger partial charge on any atom is 0.184 e. The summed E-state index contributed by atoms with van der Waals surface area (Å²) in [5.74, 6) is 0.685. The van der Waals surface area contributed by atoms with Crippen LogP contribution in [0.1, 0.15) is 66.2 Å². The van der Waals surface area contributed by atoms with Gasteiger partial charge in [-0.05, 0) is 94.3 Å². The second-order valence-electron chi connectivity index (χ2n) is 10.7. The number of ether oxygens (including phenoxy) is 1. The topological polar surface area (TPSA) is 18.5 Å². The molecule has 142 valence electrons. The van der Waals surface area contributed by atoms with Crippen LogP contribution < -0.4 is 0 Å². The summed E-state index contributed by atoms with van der Waals surface area (Å²) in [6, 6.07) is 0. The van der Waals surface area contributed by atoms with Gasteiger partial charge in [0, 0.05) is 0 Å². The molecule has 0 aromatic carbocycles. The first-order valence-electron chi connectivity index (χ1n) is 10.2. The molecule has 2 saturated carbocycles. The highest BCUT2D eigenvalue weighted by Gasteiger charge is 2.60. The molecule has 0 radical (unpaired) electrons. The Kier molecular flexibility index (Phi) is 4.73. The zero-order valence-electron chi connectivity index (χ0n) is 17.5. The van der Waals surface area contributed by atoms with E-state index in [1.165, 1.54) is 31.3 Å². The zero-order valence-corrected chi connectivity index (χ0v) is 18.5. The summed E-state index contributed by atoms with van der Waals surface area (Å²) in [5, 5.41) is 0. The highest BCUT2D eigenvalue weighted by Crippen LogP contribution is 2.64. The van der Waals surface area contributed by atoms with Gasteiger partial charge >= 0.3 is 0 Å². The summed E-state index contributed by atoms with van der Waals surface area (Å²) in [4.78, 5) is 0. The molecule has 0 aromatic heterocycles. The molecule has 5 atom stereocenters. The largest absolute Gasteiger partial charge is 0.412 e. The lowest BCUT2D eigenvalue weighted by atomic mass is 9.54. The zero-order chi connectivity index (χ0) is 18.7. The first-order valence-corrected chi connectivity index (χ1v) is 13.6. The van der Waals surface area contributed by atoms with Crippen molar-refractivity contribution < 1.29 is 9.16 Å². The molecule has 1 saturated heterocycles. The van der Waals surface area contributed by atoms with Gasteiger partial charge in [0.1, 0.15) is 0 Å². The maximum absolute atomic E-state index is 6.84. The fraction of sp³-hybridized carbons (Fsp3) is 0.864. The van der Waals surface area contributed by atoms with Crippen molar-refractivity contribution in [2.45, 2.75) is 104 Å². The van der Waals surface area contributed by atoms with Gasteiger partial charge in [-0.25, -0.2) is 0 Å². The molecular weight excluding hydrogens is 324 g/mol. The van der Waals surface area contributed by atoms with Gasteiger partial charge in [0.2, 0.25) is 0 Å². The van der Waals surface area contributed by atoms with Crippen molar-refractivity contribution in [2.75, 3.05) is 0 Å². The van der Waals surface area contributed by atoms with Crippen LogP contribution in [0.25, 0.3) is 0 Å². The fourth-order valence-electron chi connectivity index (χ4n) is 6.15. The Bertz CT molecular complexity index is 583. The first kappa shape index (κ1) is 19.4. The molecule has 3 heteroatoms. The van der Waals surface area contributed by atoms with Crippen LogP contribution >= 0.6 is 0 Å². The highest BCUT2D eigenvalue weighted by molar-refractivity contribution is 6.69. The van der Waals surface area contributed by atoms with Crippen molar-refractivity contribution in [1.29, 1.82) is 0 Å². The van der Waals surface area contributed by atoms with Crippen molar-refractivity contribution in [3.8, 4) is 0 Å². The molecule has 1 aliphatic heterocycles. The van der Waals surface area contributed by atoms with Crippen molar-refractivity contribution in [3.63, 3.8) is 0 Å². The third kappa shape index (κ3) is 3.22. The third-order valence-electron chi connectivity index (χ3n) is 7.47. The van der Waals surface area contributed by atoms with Gasteiger partial charge < -0.3 is 9.16 Å². The second kappa shape index (κ2) is 6.09. The summed E-state index contributed by atoms with van der Waals surface area (Å²) >= 11 is 0. The van der Waals surface area contributed by atoms with Gasteiger partial charge in [-0.1, -0.05) is 20.4 Å². The normalized spacial score (nSPS) is 43.8. The van der Waals surface area contributed by atoms with E-state index in [1.54, 1.807) is 0 Å². The monoisotopic (exact) mass is 362 g/mol. The lowest BCUT2D eigenvalue weighted by Gasteiger charge is -2.53. The molecule has 25 heavy (non-hydrogen) atoms. The van der Waals surface area contributed by atoms with Gasteiger partial charge in [0.05, 0.1) is 17.8 Å². The Labute approximate surface area is 156 Å². The number of rotatable bonds is 2. The quantitative estimate of drug-likeness (QED) is 0.437. The molecule has 0 unspecified atom stereocenters. The molecule has 2 nitrogen and oxygen atoms in total. The van der Waals surface area contributed by atoms with Gasteiger partial charge in [-0.3, -0.25) is 0 Å². The molecule has 3 rings (SSSR count). The van der Waals surface area contributed by atoms with Gasteiger partial charge in [0.15, 0.2) is 8.32 Å². The molecule has 3 fully saturated rings. The average Bonchev–Trinajstić information content (AvgIpc) is 2.79. The van der Waals surface area contributed by atoms with E-state index in [-0.39, 0.29) is 22.5 Å². The van der Waals surface area contributed by atoms with Gasteiger partial charge in [-0.2, -0.15) is 0 Å². The summed E-state index contributed by atoms with van der Waals surface area (Å²) in [5.41, 5.74) is 5.07. The lowest BCUT2D eigenvalue weighted by molar-refractivity contribution is -0.178. The molecule has 0 spiro atoms. The van der Waals surface area contributed by atoms with E-state index in [4.69, 9.17) is 9.16 Å². The van der Waals surface area contributed by atoms with Crippen LogP contribution in [-0.2, 0) is 9.16 Å². The first-order chi connectivity index (χ1) is 11.4. The third-order valence-corrected chi connectivity index (χ3v) is 8.47.